The van der Waals surface area contributed by atoms with Crippen molar-refractivity contribution in [2.75, 3.05) is 11.5 Å². The fourth-order valence-corrected chi connectivity index (χ4v) is 6.86. The molecule has 1 aliphatic heterocycles. The van der Waals surface area contributed by atoms with Crippen molar-refractivity contribution < 1.29 is 21.9 Å². The molecule has 1 saturated heterocycles. The predicted octanol–water partition coefficient (Wildman–Crippen LogP) is 1.65. The van der Waals surface area contributed by atoms with E-state index in [2.05, 4.69) is 0 Å². The van der Waals surface area contributed by atoms with Crippen LogP contribution >= 0.6 is 0 Å². The lowest BCUT2D eigenvalue weighted by Gasteiger charge is -2.29. The van der Waals surface area contributed by atoms with Gasteiger partial charge in [0, 0.05) is 6.54 Å². The number of rotatable bonds is 5. The van der Waals surface area contributed by atoms with Gasteiger partial charge in [0.1, 0.15) is 0 Å². The molecule has 0 aliphatic carbocycles. The summed E-state index contributed by atoms with van der Waals surface area (Å²) in [5.74, 6) is -0.809. The molecular formula is C19H23NO5S2. The quantitative estimate of drug-likeness (QED) is 0.811. The zero-order valence-corrected chi connectivity index (χ0v) is 16.9. The smallest absolute Gasteiger partial charge is 0.243 e. The molecule has 1 N–H and O–H groups in total. The third-order valence-electron chi connectivity index (χ3n) is 4.93. The van der Waals surface area contributed by atoms with Gasteiger partial charge in [-0.15, -0.1) is 0 Å². The van der Waals surface area contributed by atoms with Crippen molar-refractivity contribution in [1.29, 1.82) is 0 Å². The largest absolute Gasteiger partial charge is 0.390 e. The number of hydrogen-bond acceptors (Lipinski definition) is 5. The minimum absolute atomic E-state index is 0.00660. The van der Waals surface area contributed by atoms with Gasteiger partial charge in [0.25, 0.3) is 0 Å². The van der Waals surface area contributed by atoms with Crippen LogP contribution in [0, 0.1) is 13.8 Å². The normalized spacial score (nSPS) is 22.2. The predicted molar refractivity (Wildman–Crippen MR) is 104 cm³/mol. The Hall–Kier alpha value is -1.74. The fraction of sp³-hybridized carbons (Fsp3) is 0.368. The van der Waals surface area contributed by atoms with Gasteiger partial charge in [0.2, 0.25) is 10.0 Å². The van der Waals surface area contributed by atoms with E-state index in [-0.39, 0.29) is 17.2 Å². The molecule has 0 bridgehead atoms. The zero-order valence-electron chi connectivity index (χ0n) is 15.2. The van der Waals surface area contributed by atoms with Crippen LogP contribution in [0.4, 0.5) is 0 Å². The molecule has 1 fully saturated rings. The van der Waals surface area contributed by atoms with Gasteiger partial charge in [-0.05, 0) is 42.7 Å². The van der Waals surface area contributed by atoms with Gasteiger partial charge in [-0.1, -0.05) is 36.4 Å². The first kappa shape index (κ1) is 20.0. The molecule has 0 aromatic heterocycles. The van der Waals surface area contributed by atoms with Crippen LogP contribution < -0.4 is 0 Å². The molecule has 0 amide bonds. The maximum absolute atomic E-state index is 13.4. The zero-order chi connectivity index (χ0) is 19.8. The minimum Gasteiger partial charge on any atom is -0.390 e. The molecule has 0 unspecified atom stereocenters. The van der Waals surface area contributed by atoms with E-state index >= 15 is 0 Å². The summed E-state index contributed by atoms with van der Waals surface area (Å²) >= 11 is 0. The summed E-state index contributed by atoms with van der Waals surface area (Å²) < 4.78 is 51.8. The number of aliphatic hydroxyl groups is 1. The first-order valence-electron chi connectivity index (χ1n) is 8.62. The maximum Gasteiger partial charge on any atom is 0.243 e. The van der Waals surface area contributed by atoms with Crippen LogP contribution in [0.5, 0.6) is 0 Å². The van der Waals surface area contributed by atoms with Crippen LogP contribution in [0.25, 0.3) is 0 Å². The van der Waals surface area contributed by atoms with Crippen LogP contribution in [0.1, 0.15) is 16.7 Å². The topological polar surface area (TPSA) is 91.8 Å². The van der Waals surface area contributed by atoms with E-state index in [1.54, 1.807) is 36.4 Å². The van der Waals surface area contributed by atoms with Crippen molar-refractivity contribution in [1.82, 2.24) is 4.31 Å². The van der Waals surface area contributed by atoms with Crippen molar-refractivity contribution in [2.45, 2.75) is 37.4 Å². The van der Waals surface area contributed by atoms with Gasteiger partial charge in [0.05, 0.1) is 28.5 Å². The Balaban J connectivity index is 2.06. The van der Waals surface area contributed by atoms with Crippen molar-refractivity contribution in [3.63, 3.8) is 0 Å². The van der Waals surface area contributed by atoms with E-state index in [1.165, 1.54) is 6.07 Å². The van der Waals surface area contributed by atoms with Crippen LogP contribution in [0.3, 0.4) is 0 Å². The number of aliphatic hydroxyl groups excluding tert-OH is 1. The number of hydrogen-bond donors (Lipinski definition) is 1. The summed E-state index contributed by atoms with van der Waals surface area (Å²) in [7, 11) is -7.49. The lowest BCUT2D eigenvalue weighted by Crippen LogP contribution is -2.46. The highest BCUT2D eigenvalue weighted by Crippen LogP contribution is 2.28. The Morgan fingerprint density at radius 3 is 2.26 bits per heavy atom. The molecular weight excluding hydrogens is 386 g/mol. The molecule has 27 heavy (non-hydrogen) atoms. The summed E-state index contributed by atoms with van der Waals surface area (Å²) in [5, 5.41) is 10.3. The fourth-order valence-electron chi connectivity index (χ4n) is 3.24. The molecule has 6 nitrogen and oxygen atoms in total. The first-order chi connectivity index (χ1) is 12.6. The molecule has 3 rings (SSSR count). The Morgan fingerprint density at radius 2 is 1.70 bits per heavy atom. The number of benzene rings is 2. The second kappa shape index (κ2) is 7.35. The lowest BCUT2D eigenvalue weighted by atomic mass is 10.1. The maximum atomic E-state index is 13.4. The van der Waals surface area contributed by atoms with Crippen LogP contribution in [-0.4, -0.2) is 49.9 Å². The van der Waals surface area contributed by atoms with E-state index < -0.39 is 37.8 Å². The lowest BCUT2D eigenvalue weighted by molar-refractivity contribution is 0.125. The van der Waals surface area contributed by atoms with Gasteiger partial charge >= 0.3 is 0 Å². The molecule has 2 atom stereocenters. The second-order valence-corrected chi connectivity index (χ2v) is 11.0. The third kappa shape index (κ3) is 4.24. The minimum atomic E-state index is -4.00. The highest BCUT2D eigenvalue weighted by Gasteiger charge is 2.44. The standard InChI is InChI=1S/C19H23NO5S2/c1-14-8-9-17(10-15(14)2)27(24,25)20(11-16-6-4-3-5-7-16)18-12-26(22,23)13-19(18)21/h3-10,18-19,21H,11-13H2,1-2H3/t18-,19+/m0/s1. The monoisotopic (exact) mass is 409 g/mol. The summed E-state index contributed by atoms with van der Waals surface area (Å²) in [5.41, 5.74) is 2.52. The number of nitrogens with zero attached hydrogens (tertiary/aromatic N) is 1. The Bertz CT molecular complexity index is 1030. The second-order valence-electron chi connectivity index (χ2n) is 6.99. The van der Waals surface area contributed by atoms with Gasteiger partial charge in [0.15, 0.2) is 9.84 Å². The highest BCUT2D eigenvalue weighted by molar-refractivity contribution is 7.92. The molecule has 2 aromatic rings. The van der Waals surface area contributed by atoms with E-state index in [9.17, 15) is 21.9 Å². The van der Waals surface area contributed by atoms with E-state index in [0.29, 0.717) is 0 Å². The van der Waals surface area contributed by atoms with Crippen molar-refractivity contribution in [3.8, 4) is 0 Å². The first-order valence-corrected chi connectivity index (χ1v) is 11.9. The number of aryl methyl sites for hydroxylation is 2. The summed E-state index contributed by atoms with van der Waals surface area (Å²) in [6.07, 6.45) is -1.25. The molecule has 1 aliphatic rings. The van der Waals surface area contributed by atoms with E-state index in [4.69, 9.17) is 0 Å². The van der Waals surface area contributed by atoms with Crippen molar-refractivity contribution >= 4 is 19.9 Å². The number of sulfone groups is 1. The Kier molecular flexibility index (Phi) is 5.45. The van der Waals surface area contributed by atoms with Crippen molar-refractivity contribution in [2.24, 2.45) is 0 Å². The van der Waals surface area contributed by atoms with Gasteiger partial charge in [-0.2, -0.15) is 4.31 Å². The molecule has 8 heteroatoms. The Labute approximate surface area is 160 Å². The van der Waals surface area contributed by atoms with Crippen molar-refractivity contribution in [3.05, 3.63) is 65.2 Å². The number of sulfonamides is 1. The molecule has 1 heterocycles. The van der Waals surface area contributed by atoms with E-state index in [0.717, 1.165) is 21.0 Å². The average molecular weight is 410 g/mol. The van der Waals surface area contributed by atoms with Gasteiger partial charge < -0.3 is 5.11 Å². The van der Waals surface area contributed by atoms with Crippen LogP contribution in [-0.2, 0) is 26.4 Å². The van der Waals surface area contributed by atoms with Gasteiger partial charge in [-0.25, -0.2) is 16.8 Å². The molecule has 2 aromatic carbocycles. The summed E-state index contributed by atoms with van der Waals surface area (Å²) in [6.45, 7) is 3.71. The molecule has 0 spiro atoms. The third-order valence-corrected chi connectivity index (χ3v) is 8.50. The molecule has 0 saturated carbocycles. The SMILES string of the molecule is Cc1ccc(S(=O)(=O)N(Cc2ccccc2)[C@H]2CS(=O)(=O)C[C@H]2O)cc1C. The average Bonchev–Trinajstić information content (AvgIpc) is 2.88. The molecule has 146 valence electrons. The van der Waals surface area contributed by atoms with Gasteiger partial charge in [-0.3, -0.25) is 0 Å². The van der Waals surface area contributed by atoms with Crippen LogP contribution in [0.2, 0.25) is 0 Å². The Morgan fingerprint density at radius 1 is 1.04 bits per heavy atom. The summed E-state index contributed by atoms with van der Waals surface area (Å²) in [4.78, 5) is 0.0954. The summed E-state index contributed by atoms with van der Waals surface area (Å²) in [6, 6.07) is 12.8. The van der Waals surface area contributed by atoms with Crippen LogP contribution in [0.15, 0.2) is 53.4 Å². The van der Waals surface area contributed by atoms with E-state index in [1.807, 2.05) is 19.9 Å². The molecule has 0 radical (unpaired) electrons. The highest BCUT2D eigenvalue weighted by atomic mass is 32.2.